The van der Waals surface area contributed by atoms with Crippen molar-refractivity contribution in [2.24, 2.45) is 0 Å². The molecule has 20 heavy (non-hydrogen) atoms. The molecule has 0 saturated heterocycles. The second-order valence-electron chi connectivity index (χ2n) is 4.57. The number of benzene rings is 1. The molecule has 0 aliphatic rings. The van der Waals surface area contributed by atoms with Gasteiger partial charge >= 0.3 is 0 Å². The van der Waals surface area contributed by atoms with E-state index in [2.05, 4.69) is 18.1 Å². The zero-order chi connectivity index (χ0) is 14.1. The first-order valence-electron chi connectivity index (χ1n) is 6.39. The minimum absolute atomic E-state index is 0.0972. The Morgan fingerprint density at radius 1 is 1.30 bits per heavy atom. The third kappa shape index (κ3) is 2.30. The minimum Gasteiger partial charge on any atom is -0.297 e. The molecule has 1 aromatic carbocycles. The van der Waals surface area contributed by atoms with E-state index < -0.39 is 4.92 Å². The van der Waals surface area contributed by atoms with Gasteiger partial charge in [0.25, 0.3) is 5.69 Å². The van der Waals surface area contributed by atoms with Crippen LogP contribution in [-0.4, -0.2) is 14.3 Å². The van der Waals surface area contributed by atoms with Gasteiger partial charge in [-0.1, -0.05) is 13.3 Å². The molecule has 0 atom stereocenters. The third-order valence-electron chi connectivity index (χ3n) is 3.07. The van der Waals surface area contributed by atoms with Crippen LogP contribution in [0.25, 0.3) is 16.2 Å². The molecule has 0 fully saturated rings. The number of aromatic nitrogens is 2. The highest BCUT2D eigenvalue weighted by Crippen LogP contribution is 2.25. The lowest BCUT2D eigenvalue weighted by Crippen LogP contribution is -1.87. The van der Waals surface area contributed by atoms with Gasteiger partial charge in [-0.15, -0.1) is 11.3 Å². The average molecular weight is 287 g/mol. The number of fused-ring (bicyclic) bond motifs is 1. The number of rotatable bonds is 4. The predicted molar refractivity (Wildman–Crippen MR) is 79.2 cm³/mol. The molecule has 0 spiro atoms. The van der Waals surface area contributed by atoms with Crippen LogP contribution in [-0.2, 0) is 6.42 Å². The Kier molecular flexibility index (Phi) is 3.23. The third-order valence-corrected chi connectivity index (χ3v) is 4.13. The number of non-ortho nitro benzene ring substituents is 1. The van der Waals surface area contributed by atoms with Crippen molar-refractivity contribution in [3.63, 3.8) is 0 Å². The quantitative estimate of drug-likeness (QED) is 0.539. The van der Waals surface area contributed by atoms with Crippen LogP contribution in [0.5, 0.6) is 0 Å². The SMILES string of the molecule is CCCc1cn2cc(-c3ccc([N+](=O)[O-])cc3)nc2s1. The summed E-state index contributed by atoms with van der Waals surface area (Å²) < 4.78 is 2.02. The van der Waals surface area contributed by atoms with Gasteiger partial charge in [0, 0.05) is 35.0 Å². The zero-order valence-corrected chi connectivity index (χ0v) is 11.8. The predicted octanol–water partition coefficient (Wildman–Crippen LogP) is 3.92. The van der Waals surface area contributed by atoms with E-state index in [0.717, 1.165) is 29.1 Å². The van der Waals surface area contributed by atoms with E-state index >= 15 is 0 Å². The van der Waals surface area contributed by atoms with E-state index in [1.807, 2.05) is 10.6 Å². The number of hydrogen-bond donors (Lipinski definition) is 0. The van der Waals surface area contributed by atoms with Crippen molar-refractivity contribution in [3.05, 3.63) is 51.7 Å². The maximum absolute atomic E-state index is 10.6. The van der Waals surface area contributed by atoms with E-state index in [-0.39, 0.29) is 5.69 Å². The lowest BCUT2D eigenvalue weighted by Gasteiger charge is -1.95. The van der Waals surface area contributed by atoms with Crippen LogP contribution in [0.3, 0.4) is 0 Å². The average Bonchev–Trinajstić information content (AvgIpc) is 2.97. The summed E-state index contributed by atoms with van der Waals surface area (Å²) >= 11 is 1.69. The molecule has 2 aromatic heterocycles. The largest absolute Gasteiger partial charge is 0.297 e. The first-order valence-corrected chi connectivity index (χ1v) is 7.21. The van der Waals surface area contributed by atoms with Crippen molar-refractivity contribution in [3.8, 4) is 11.3 Å². The molecule has 0 aliphatic heterocycles. The highest BCUT2D eigenvalue weighted by Gasteiger charge is 2.10. The molecule has 3 rings (SSSR count). The van der Waals surface area contributed by atoms with Crippen molar-refractivity contribution < 1.29 is 4.92 Å². The molecule has 102 valence electrons. The molecule has 3 aromatic rings. The summed E-state index contributed by atoms with van der Waals surface area (Å²) in [6.45, 7) is 2.16. The van der Waals surface area contributed by atoms with E-state index in [0.29, 0.717) is 0 Å². The lowest BCUT2D eigenvalue weighted by atomic mass is 10.1. The number of nitro benzene ring substituents is 1. The van der Waals surface area contributed by atoms with Crippen LogP contribution in [0, 0.1) is 10.1 Å². The molecule has 0 unspecified atom stereocenters. The molecule has 0 bridgehead atoms. The molecule has 0 aliphatic carbocycles. The second kappa shape index (κ2) is 5.05. The van der Waals surface area contributed by atoms with Crippen LogP contribution in [0.4, 0.5) is 5.69 Å². The number of nitro groups is 1. The van der Waals surface area contributed by atoms with Crippen LogP contribution in [0.1, 0.15) is 18.2 Å². The van der Waals surface area contributed by atoms with E-state index in [1.165, 1.54) is 17.0 Å². The topological polar surface area (TPSA) is 60.4 Å². The van der Waals surface area contributed by atoms with Gasteiger partial charge in [-0.3, -0.25) is 14.5 Å². The molecule has 6 heteroatoms. The zero-order valence-electron chi connectivity index (χ0n) is 10.9. The van der Waals surface area contributed by atoms with Crippen LogP contribution in [0.2, 0.25) is 0 Å². The fraction of sp³-hybridized carbons (Fsp3) is 0.214. The lowest BCUT2D eigenvalue weighted by molar-refractivity contribution is -0.384. The summed E-state index contributed by atoms with van der Waals surface area (Å²) in [6, 6.07) is 6.48. The summed E-state index contributed by atoms with van der Waals surface area (Å²) in [5, 5.41) is 10.6. The van der Waals surface area contributed by atoms with Gasteiger partial charge in [0.05, 0.1) is 10.6 Å². The number of nitrogens with zero attached hydrogens (tertiary/aromatic N) is 3. The van der Waals surface area contributed by atoms with E-state index in [1.54, 1.807) is 23.5 Å². The normalized spacial score (nSPS) is 11.1. The van der Waals surface area contributed by atoms with Crippen molar-refractivity contribution >= 4 is 22.0 Å². The Bertz CT molecular complexity index is 727. The number of imidazole rings is 1. The van der Waals surface area contributed by atoms with Crippen LogP contribution in [0.15, 0.2) is 36.7 Å². The molecule has 0 radical (unpaired) electrons. The Morgan fingerprint density at radius 2 is 2.05 bits per heavy atom. The van der Waals surface area contributed by atoms with Gasteiger partial charge in [0.2, 0.25) is 0 Å². The Labute approximate surface area is 119 Å². The van der Waals surface area contributed by atoms with Crippen molar-refractivity contribution in [1.82, 2.24) is 9.38 Å². The fourth-order valence-corrected chi connectivity index (χ4v) is 3.16. The van der Waals surface area contributed by atoms with E-state index in [9.17, 15) is 10.1 Å². The maximum atomic E-state index is 10.6. The standard InChI is InChI=1S/C14H13N3O2S/c1-2-3-12-8-16-9-13(15-14(16)20-12)10-4-6-11(7-5-10)17(18)19/h4-9H,2-3H2,1H3. The highest BCUT2D eigenvalue weighted by atomic mass is 32.1. The summed E-state index contributed by atoms with van der Waals surface area (Å²) in [4.78, 5) is 17.1. The maximum Gasteiger partial charge on any atom is 0.269 e. The molecular formula is C14H13N3O2S. The Morgan fingerprint density at radius 3 is 2.65 bits per heavy atom. The van der Waals surface area contributed by atoms with Crippen LogP contribution < -0.4 is 0 Å². The highest BCUT2D eigenvalue weighted by molar-refractivity contribution is 7.17. The molecule has 0 N–H and O–H groups in total. The Hall–Kier alpha value is -2.21. The van der Waals surface area contributed by atoms with Gasteiger partial charge in [-0.2, -0.15) is 0 Å². The summed E-state index contributed by atoms with van der Waals surface area (Å²) in [7, 11) is 0. The fourth-order valence-electron chi connectivity index (χ4n) is 2.10. The first kappa shape index (κ1) is 12.8. The van der Waals surface area contributed by atoms with Gasteiger partial charge in [0.15, 0.2) is 4.96 Å². The first-order chi connectivity index (χ1) is 9.67. The van der Waals surface area contributed by atoms with Gasteiger partial charge in [0.1, 0.15) is 0 Å². The summed E-state index contributed by atoms with van der Waals surface area (Å²) in [5.41, 5.74) is 1.83. The molecule has 5 nitrogen and oxygen atoms in total. The molecular weight excluding hydrogens is 274 g/mol. The summed E-state index contributed by atoms with van der Waals surface area (Å²) in [6.07, 6.45) is 6.26. The molecule has 2 heterocycles. The smallest absolute Gasteiger partial charge is 0.269 e. The minimum atomic E-state index is -0.396. The monoisotopic (exact) mass is 287 g/mol. The summed E-state index contributed by atoms with van der Waals surface area (Å²) in [5.74, 6) is 0. The number of hydrogen-bond acceptors (Lipinski definition) is 4. The van der Waals surface area contributed by atoms with Gasteiger partial charge in [-0.25, -0.2) is 4.98 Å². The second-order valence-corrected chi connectivity index (χ2v) is 5.66. The van der Waals surface area contributed by atoms with Gasteiger partial charge in [-0.05, 0) is 18.6 Å². The number of thiazole rings is 1. The van der Waals surface area contributed by atoms with Crippen LogP contribution >= 0.6 is 11.3 Å². The van der Waals surface area contributed by atoms with Crippen molar-refractivity contribution in [2.75, 3.05) is 0 Å². The Balaban J connectivity index is 1.93. The van der Waals surface area contributed by atoms with Crippen molar-refractivity contribution in [2.45, 2.75) is 19.8 Å². The number of aryl methyl sites for hydroxylation is 1. The van der Waals surface area contributed by atoms with Crippen molar-refractivity contribution in [1.29, 1.82) is 0 Å². The molecule has 0 amide bonds. The molecule has 0 saturated carbocycles. The van der Waals surface area contributed by atoms with E-state index in [4.69, 9.17) is 0 Å². The van der Waals surface area contributed by atoms with Gasteiger partial charge < -0.3 is 0 Å².